The molecule has 3 heteroatoms. The predicted octanol–water partition coefficient (Wildman–Crippen LogP) is 9.85. The Bertz CT molecular complexity index is 1860. The van der Waals surface area contributed by atoms with E-state index in [2.05, 4.69) is 109 Å². The maximum atomic E-state index is 4.89. The van der Waals surface area contributed by atoms with Gasteiger partial charge >= 0.3 is 0 Å². The van der Waals surface area contributed by atoms with Crippen LogP contribution in [0.15, 0.2) is 152 Å². The first-order valence-electron chi connectivity index (χ1n) is 14.1. The van der Waals surface area contributed by atoms with Crippen LogP contribution in [0.5, 0.6) is 0 Å². The van der Waals surface area contributed by atoms with Crippen LogP contribution in [-0.4, -0.2) is 15.0 Å². The van der Waals surface area contributed by atoms with Crippen LogP contribution in [0.25, 0.3) is 78.4 Å². The van der Waals surface area contributed by atoms with Gasteiger partial charge in [-0.15, -0.1) is 0 Å². The van der Waals surface area contributed by atoms with Crippen molar-refractivity contribution in [1.29, 1.82) is 0 Å². The van der Waals surface area contributed by atoms with Crippen molar-refractivity contribution in [2.45, 2.75) is 0 Å². The normalized spacial score (nSPS) is 11.3. The Morgan fingerprint density at radius 1 is 0.238 bits per heavy atom. The second-order valence-corrected chi connectivity index (χ2v) is 10.6. The Kier molecular flexibility index (Phi) is 5.79. The largest absolute Gasteiger partial charge is 0.254 e. The molecule has 7 aromatic rings. The third-order valence-electron chi connectivity index (χ3n) is 8.01. The van der Waals surface area contributed by atoms with Gasteiger partial charge in [-0.05, 0) is 68.8 Å². The summed E-state index contributed by atoms with van der Waals surface area (Å²) in [6.45, 7) is 0. The van der Waals surface area contributed by atoms with Gasteiger partial charge in [0.1, 0.15) is 0 Å². The van der Waals surface area contributed by atoms with Crippen molar-refractivity contribution < 1.29 is 0 Å². The van der Waals surface area contributed by atoms with Gasteiger partial charge in [0.25, 0.3) is 0 Å². The highest BCUT2D eigenvalue weighted by atomic mass is 14.8. The molecule has 0 N–H and O–H groups in total. The molecule has 0 saturated heterocycles. The van der Waals surface area contributed by atoms with E-state index in [0.717, 1.165) is 45.0 Å². The van der Waals surface area contributed by atoms with E-state index in [4.69, 9.17) is 15.0 Å². The topological polar surface area (TPSA) is 38.7 Å². The van der Waals surface area contributed by atoms with Crippen molar-refractivity contribution in [1.82, 2.24) is 15.0 Å². The minimum atomic E-state index is 0.824. The summed E-state index contributed by atoms with van der Waals surface area (Å²) in [4.78, 5) is 14.4. The van der Waals surface area contributed by atoms with Crippen LogP contribution in [0.1, 0.15) is 0 Å². The van der Waals surface area contributed by atoms with Crippen LogP contribution in [-0.2, 0) is 0 Å². The second kappa shape index (κ2) is 10.1. The molecule has 0 atom stereocenters. The molecule has 0 spiro atoms. The first-order valence-corrected chi connectivity index (χ1v) is 14.1. The number of hydrogen-bond donors (Lipinski definition) is 0. The summed E-state index contributed by atoms with van der Waals surface area (Å²) in [5, 5.41) is 0. The Labute approximate surface area is 244 Å². The van der Waals surface area contributed by atoms with Crippen LogP contribution < -0.4 is 0 Å². The van der Waals surface area contributed by atoms with Crippen LogP contribution in [0, 0.1) is 0 Å². The lowest BCUT2D eigenvalue weighted by molar-refractivity contribution is 1.22. The molecule has 3 aromatic heterocycles. The smallest absolute Gasteiger partial charge is 0.0894 e. The highest BCUT2D eigenvalue weighted by molar-refractivity contribution is 5.76. The van der Waals surface area contributed by atoms with Crippen LogP contribution in [0.3, 0.4) is 0 Å². The average molecular weight is 536 g/mol. The van der Waals surface area contributed by atoms with E-state index in [0.29, 0.717) is 0 Å². The monoisotopic (exact) mass is 535 g/mol. The summed E-state index contributed by atoms with van der Waals surface area (Å²) in [5.74, 6) is 0. The van der Waals surface area contributed by atoms with E-state index in [1.807, 2.05) is 42.7 Å². The van der Waals surface area contributed by atoms with Gasteiger partial charge in [-0.3, -0.25) is 9.97 Å². The molecule has 0 amide bonds. The van der Waals surface area contributed by atoms with E-state index >= 15 is 0 Å². The zero-order valence-corrected chi connectivity index (χ0v) is 22.8. The zero-order valence-electron chi connectivity index (χ0n) is 22.8. The predicted molar refractivity (Wildman–Crippen MR) is 171 cm³/mol. The fourth-order valence-electron chi connectivity index (χ4n) is 5.57. The van der Waals surface area contributed by atoms with Crippen molar-refractivity contribution in [3.8, 4) is 78.4 Å². The first-order chi connectivity index (χ1) is 20.8. The Morgan fingerprint density at radius 3 is 0.762 bits per heavy atom. The third-order valence-corrected chi connectivity index (χ3v) is 8.01. The number of rotatable bonds is 0. The molecule has 13 heterocycles. The lowest BCUT2D eigenvalue weighted by Gasteiger charge is -2.08. The molecular formula is C39H25N3. The molecule has 196 valence electrons. The maximum Gasteiger partial charge on any atom is 0.0894 e. The summed E-state index contributed by atoms with van der Waals surface area (Å²) >= 11 is 0. The van der Waals surface area contributed by atoms with E-state index in [9.17, 15) is 0 Å². The Balaban J connectivity index is 1.23. The van der Waals surface area contributed by atoms with Crippen molar-refractivity contribution in [3.05, 3.63) is 152 Å². The molecule has 0 saturated carbocycles. The van der Waals surface area contributed by atoms with Gasteiger partial charge in [0.05, 0.1) is 22.8 Å². The summed E-state index contributed by atoms with van der Waals surface area (Å²) in [7, 11) is 0. The lowest BCUT2D eigenvalue weighted by Crippen LogP contribution is -1.92. The van der Waals surface area contributed by atoms with Crippen LogP contribution in [0.4, 0.5) is 0 Å². The zero-order chi connectivity index (χ0) is 27.9. The summed E-state index contributed by atoms with van der Waals surface area (Å²) in [6.07, 6.45) is 3.84. The minimum absolute atomic E-state index is 0.824. The van der Waals surface area contributed by atoms with E-state index in [1.165, 1.54) is 33.4 Å². The molecule has 3 nitrogen and oxygen atoms in total. The van der Waals surface area contributed by atoms with Crippen molar-refractivity contribution in [2.75, 3.05) is 0 Å². The lowest BCUT2D eigenvalue weighted by atomic mass is 9.96. The van der Waals surface area contributed by atoms with Crippen molar-refractivity contribution in [3.63, 3.8) is 0 Å². The summed E-state index contributed by atoms with van der Waals surface area (Å²) < 4.78 is 0. The minimum Gasteiger partial charge on any atom is -0.254 e. The van der Waals surface area contributed by atoms with Gasteiger partial charge in [0.15, 0.2) is 0 Å². The fourth-order valence-corrected chi connectivity index (χ4v) is 5.57. The molecule has 10 aliphatic rings. The number of hydrogen-bond acceptors (Lipinski definition) is 3. The van der Waals surface area contributed by atoms with E-state index in [1.54, 1.807) is 0 Å². The van der Waals surface area contributed by atoms with Crippen molar-refractivity contribution in [2.24, 2.45) is 0 Å². The number of benzene rings is 4. The highest BCUT2D eigenvalue weighted by Gasteiger charge is 2.09. The standard InChI is InChI=1S/C39H25N3/c1-2-38-36-22-20-34(24-40-36)32-16-12-30(13-17-32)28-8-4-26(5-9-28)27-6-10-29(11-7-27)31-14-18-33(19-15-31)35-21-23-37(41-25-35)39(3-1)42-38/h1-25H. The van der Waals surface area contributed by atoms with Gasteiger partial charge in [-0.2, -0.15) is 0 Å². The fraction of sp³-hybridized carbons (Fsp3) is 0. The molecule has 0 aliphatic carbocycles. The maximum absolute atomic E-state index is 4.89. The molecule has 42 heavy (non-hydrogen) atoms. The number of aromatic nitrogens is 3. The third kappa shape index (κ3) is 4.47. The molecule has 0 unspecified atom stereocenters. The van der Waals surface area contributed by atoms with E-state index < -0.39 is 0 Å². The van der Waals surface area contributed by atoms with Gasteiger partial charge in [0, 0.05) is 23.5 Å². The summed E-state index contributed by atoms with van der Waals surface area (Å²) in [6, 6.07) is 49.2. The first kappa shape index (κ1) is 24.2. The molecular weight excluding hydrogens is 510 g/mol. The van der Waals surface area contributed by atoms with Gasteiger partial charge in [-0.1, -0.05) is 115 Å². The molecule has 4 aromatic carbocycles. The second-order valence-electron chi connectivity index (χ2n) is 10.6. The van der Waals surface area contributed by atoms with Gasteiger partial charge in [-0.25, -0.2) is 4.98 Å². The number of nitrogens with zero attached hydrogens (tertiary/aromatic N) is 3. The van der Waals surface area contributed by atoms with Crippen molar-refractivity contribution >= 4 is 0 Å². The Morgan fingerprint density at radius 2 is 0.500 bits per heavy atom. The van der Waals surface area contributed by atoms with E-state index in [-0.39, 0.29) is 0 Å². The SMILES string of the molecule is c1cc2nc(c1)-c1ccc(cn1)-c1ccc(cc1)-c1ccc(cc1)-c1ccc(cc1)-c1ccc(cc1)-c1ccc-2nc1. The number of pyridine rings is 3. The summed E-state index contributed by atoms with van der Waals surface area (Å²) in [5.41, 5.74) is 14.9. The molecule has 14 bridgehead atoms. The molecule has 0 fully saturated rings. The molecule has 0 radical (unpaired) electrons. The Hall–Kier alpha value is -5.67. The van der Waals surface area contributed by atoms with Crippen LogP contribution in [0.2, 0.25) is 0 Å². The van der Waals surface area contributed by atoms with Crippen LogP contribution >= 0.6 is 0 Å². The molecule has 10 aliphatic heterocycles. The van der Waals surface area contributed by atoms with Gasteiger partial charge in [0.2, 0.25) is 0 Å². The average Bonchev–Trinajstić information content (AvgIpc) is 3.09. The quantitative estimate of drug-likeness (QED) is 0.194. The molecule has 17 rings (SSSR count). The van der Waals surface area contributed by atoms with Gasteiger partial charge < -0.3 is 0 Å². The highest BCUT2D eigenvalue weighted by Crippen LogP contribution is 2.31.